The third-order valence-corrected chi connectivity index (χ3v) is 3.25. The molecule has 3 heteroatoms. The number of rotatable bonds is 1. The molecule has 0 fully saturated rings. The van der Waals surface area contributed by atoms with Crippen LogP contribution in [0.3, 0.4) is 0 Å². The normalized spacial score (nSPS) is 18.1. The van der Waals surface area contributed by atoms with E-state index in [1.165, 1.54) is 10.2 Å². The van der Waals surface area contributed by atoms with Crippen LogP contribution in [0.25, 0.3) is 5.70 Å². The summed E-state index contributed by atoms with van der Waals surface area (Å²) in [5.74, 6) is 2.92. The molecule has 0 unspecified atom stereocenters. The van der Waals surface area contributed by atoms with Gasteiger partial charge in [-0.15, -0.1) is 11.3 Å². The molecule has 1 aromatic heterocycles. The number of likely N-dealkylation sites (N-methyl/N-ethyl adjacent to an activating group) is 1. The van der Waals surface area contributed by atoms with Gasteiger partial charge in [-0.3, -0.25) is 0 Å². The van der Waals surface area contributed by atoms with Crippen molar-refractivity contribution in [2.24, 2.45) is 0 Å². The predicted molar refractivity (Wildman–Crippen MR) is 64.1 cm³/mol. The van der Waals surface area contributed by atoms with Crippen LogP contribution in [0.15, 0.2) is 24.3 Å². The molecule has 0 N–H and O–H groups in total. The Morgan fingerprint density at radius 3 is 3.07 bits per heavy atom. The number of nitrogens with zero attached hydrogens (tertiary/aromatic N) is 1. The fourth-order valence-electron chi connectivity index (χ4n) is 1.49. The summed E-state index contributed by atoms with van der Waals surface area (Å²) in [6, 6.07) is 4.16. The molecule has 1 aliphatic rings. The summed E-state index contributed by atoms with van der Waals surface area (Å²) in [6.45, 7) is 3.63. The lowest BCUT2D eigenvalue weighted by atomic mass is 10.4. The average molecular weight is 220 g/mol. The van der Waals surface area contributed by atoms with E-state index < -0.39 is 0 Å². The van der Waals surface area contributed by atoms with E-state index in [0.717, 1.165) is 11.1 Å². The minimum atomic E-state index is 0.670. The molecule has 0 atom stereocenters. The van der Waals surface area contributed by atoms with E-state index in [2.05, 4.69) is 36.1 Å². The molecule has 0 amide bonds. The quantitative estimate of drug-likeness (QED) is 0.626. The van der Waals surface area contributed by atoms with Gasteiger partial charge in [-0.25, -0.2) is 4.42 Å². The molecule has 0 saturated carbocycles. The summed E-state index contributed by atoms with van der Waals surface area (Å²) in [5.41, 5.74) is 1.28. The zero-order valence-electron chi connectivity index (χ0n) is 8.99. The first-order valence-electron chi connectivity index (χ1n) is 5.04. The highest BCUT2D eigenvalue weighted by molar-refractivity contribution is 7.08. The Balaban J connectivity index is 2.52. The van der Waals surface area contributed by atoms with Crippen LogP contribution in [-0.2, 0) is 4.42 Å². The van der Waals surface area contributed by atoms with E-state index in [1.807, 2.05) is 13.0 Å². The molecule has 2 rings (SSSR count). The maximum Gasteiger partial charge on any atom is 0.363 e. The largest absolute Gasteiger partial charge is 0.370 e. The molecule has 0 aromatic carbocycles. The molecule has 0 radical (unpaired) electrons. The van der Waals surface area contributed by atoms with Gasteiger partial charge in [-0.05, 0) is 18.2 Å². The molecule has 0 aliphatic carbocycles. The fourth-order valence-corrected chi connectivity index (χ4v) is 2.43. The Labute approximate surface area is 93.2 Å². The van der Waals surface area contributed by atoms with Crippen molar-refractivity contribution < 1.29 is 4.42 Å². The van der Waals surface area contributed by atoms with Crippen LogP contribution in [0.5, 0.6) is 0 Å². The highest BCUT2D eigenvalue weighted by Crippen LogP contribution is 2.09. The molecule has 1 aromatic rings. The zero-order chi connectivity index (χ0) is 10.7. The highest BCUT2D eigenvalue weighted by atomic mass is 32.1. The van der Waals surface area contributed by atoms with Crippen molar-refractivity contribution >= 4 is 23.0 Å². The third kappa shape index (κ3) is 2.20. The Kier molecular flexibility index (Phi) is 3.05. The first-order chi connectivity index (χ1) is 7.31. The molecule has 0 spiro atoms. The average Bonchev–Trinajstić information content (AvgIpc) is 2.83. The summed E-state index contributed by atoms with van der Waals surface area (Å²) in [6.07, 6.45) is 4.33. The second kappa shape index (κ2) is 4.47. The van der Waals surface area contributed by atoms with E-state index in [0.29, 0.717) is 6.61 Å². The molecule has 0 bridgehead atoms. The van der Waals surface area contributed by atoms with Crippen LogP contribution < -0.4 is 9.06 Å². The standard InChI is InChI=1S/C12H14NOS/c1-3-14-9-10-6-7-12(15-10)11-5-4-8-13(11)2/h4-7H,3,8H2,1-2H3/q+1. The topological polar surface area (TPSA) is 14.5 Å². The number of hydrogen-bond acceptors (Lipinski definition) is 2. The molecule has 2 heterocycles. The number of thiophene rings is 1. The minimum Gasteiger partial charge on any atom is -0.370 e. The van der Waals surface area contributed by atoms with Crippen molar-refractivity contribution in [2.45, 2.75) is 6.92 Å². The highest BCUT2D eigenvalue weighted by Gasteiger charge is 2.07. The van der Waals surface area contributed by atoms with Gasteiger partial charge in [0.1, 0.15) is 0 Å². The Morgan fingerprint density at radius 1 is 1.53 bits per heavy atom. The smallest absolute Gasteiger partial charge is 0.363 e. The maximum absolute atomic E-state index is 5.14. The van der Waals surface area contributed by atoms with Gasteiger partial charge < -0.3 is 4.90 Å². The summed E-state index contributed by atoms with van der Waals surface area (Å²) in [7, 11) is 2.10. The van der Waals surface area contributed by atoms with E-state index >= 15 is 0 Å². The molecular formula is C12H14NOS+. The zero-order valence-corrected chi connectivity index (χ0v) is 9.80. The fraction of sp³-hybridized carbons (Fsp3) is 0.333. The summed E-state index contributed by atoms with van der Waals surface area (Å²) >= 11 is 1.71. The lowest BCUT2D eigenvalue weighted by molar-refractivity contribution is 0.127. The summed E-state index contributed by atoms with van der Waals surface area (Å²) in [5, 5.41) is 0. The maximum atomic E-state index is 5.14. The number of carbonyl (C=O) groups excluding carboxylic acids is 1. The first-order valence-corrected chi connectivity index (χ1v) is 5.85. The van der Waals surface area contributed by atoms with Crippen molar-refractivity contribution in [3.8, 4) is 0 Å². The number of hydrogen-bond donors (Lipinski definition) is 0. The SMILES string of the molecule is CC[O+]=C=c1ccc(=C2C=CCN2C)s1. The molecule has 0 saturated heterocycles. The van der Waals surface area contributed by atoms with Crippen LogP contribution in [0.4, 0.5) is 0 Å². The molecule has 2 nitrogen and oxygen atoms in total. The van der Waals surface area contributed by atoms with E-state index in [-0.39, 0.29) is 0 Å². The van der Waals surface area contributed by atoms with E-state index in [9.17, 15) is 0 Å². The first kappa shape index (κ1) is 10.2. The minimum absolute atomic E-state index is 0.670. The van der Waals surface area contributed by atoms with Gasteiger partial charge in [0.25, 0.3) is 6.61 Å². The summed E-state index contributed by atoms with van der Waals surface area (Å²) in [4.78, 5) is 2.23. The van der Waals surface area contributed by atoms with Crippen LogP contribution >= 0.6 is 11.3 Å². The van der Waals surface area contributed by atoms with E-state index in [4.69, 9.17) is 4.42 Å². The van der Waals surface area contributed by atoms with Crippen molar-refractivity contribution in [2.75, 3.05) is 20.2 Å². The molecule has 1 aliphatic heterocycles. The van der Waals surface area contributed by atoms with Gasteiger partial charge in [0.2, 0.25) is 0 Å². The van der Waals surface area contributed by atoms with Gasteiger partial charge in [0.05, 0.1) is 10.2 Å². The van der Waals surface area contributed by atoms with Crippen LogP contribution in [0.1, 0.15) is 6.92 Å². The Hall–Kier alpha value is -1.31. The van der Waals surface area contributed by atoms with Crippen LogP contribution in [0.2, 0.25) is 0 Å². The van der Waals surface area contributed by atoms with Gasteiger partial charge in [0.15, 0.2) is 4.53 Å². The second-order valence-corrected chi connectivity index (χ2v) is 4.45. The Morgan fingerprint density at radius 2 is 2.40 bits per heavy atom. The van der Waals surface area contributed by atoms with Crippen molar-refractivity contribution in [1.82, 2.24) is 4.90 Å². The third-order valence-electron chi connectivity index (χ3n) is 2.24. The van der Waals surface area contributed by atoms with Crippen molar-refractivity contribution in [1.29, 1.82) is 0 Å². The van der Waals surface area contributed by atoms with Gasteiger partial charge in [-0.1, -0.05) is 6.08 Å². The Bertz CT molecular complexity index is 520. The van der Waals surface area contributed by atoms with Gasteiger partial charge >= 0.3 is 5.94 Å². The van der Waals surface area contributed by atoms with Crippen LogP contribution in [-0.4, -0.2) is 31.0 Å². The van der Waals surface area contributed by atoms with E-state index in [1.54, 1.807) is 11.3 Å². The van der Waals surface area contributed by atoms with Crippen molar-refractivity contribution in [3.05, 3.63) is 33.3 Å². The molecule has 78 valence electrons. The van der Waals surface area contributed by atoms with Gasteiger partial charge in [0, 0.05) is 20.5 Å². The monoisotopic (exact) mass is 220 g/mol. The van der Waals surface area contributed by atoms with Crippen LogP contribution in [0, 0.1) is 0 Å². The predicted octanol–water partition coefficient (Wildman–Crippen LogP) is 0.417. The van der Waals surface area contributed by atoms with Gasteiger partial charge in [-0.2, -0.15) is 0 Å². The molecular weight excluding hydrogens is 206 g/mol. The summed E-state index contributed by atoms with van der Waals surface area (Å²) < 4.78 is 7.46. The lowest BCUT2D eigenvalue weighted by Crippen LogP contribution is -2.16. The second-order valence-electron chi connectivity index (χ2n) is 3.37. The lowest BCUT2D eigenvalue weighted by Gasteiger charge is -2.10. The molecule has 15 heavy (non-hydrogen) atoms. The van der Waals surface area contributed by atoms with Crippen molar-refractivity contribution in [3.63, 3.8) is 0 Å².